The van der Waals surface area contributed by atoms with Crippen LogP contribution in [0.5, 0.6) is 0 Å². The van der Waals surface area contributed by atoms with Crippen LogP contribution in [0.2, 0.25) is 0 Å². The molecule has 1 aromatic rings. The first-order chi connectivity index (χ1) is 9.52. The number of carbonyl (C=O) groups excluding carboxylic acids is 1. The van der Waals surface area contributed by atoms with Crippen molar-refractivity contribution in [1.29, 1.82) is 5.26 Å². The van der Waals surface area contributed by atoms with Gasteiger partial charge in [-0.3, -0.25) is 4.79 Å². The second kappa shape index (κ2) is 5.57. The van der Waals surface area contributed by atoms with Gasteiger partial charge in [0, 0.05) is 6.04 Å². The Kier molecular flexibility index (Phi) is 3.84. The number of amides is 2. The Balaban J connectivity index is 2.16. The minimum absolute atomic E-state index is 0.0357. The highest BCUT2D eigenvalue weighted by Gasteiger charge is 2.34. The molecule has 6 nitrogen and oxygen atoms in total. The van der Waals surface area contributed by atoms with Crippen LogP contribution >= 0.6 is 0 Å². The van der Waals surface area contributed by atoms with Crippen LogP contribution in [0.4, 0.5) is 14.9 Å². The maximum absolute atomic E-state index is 13.4. The summed E-state index contributed by atoms with van der Waals surface area (Å²) in [6.07, 6.45) is 1.49. The van der Waals surface area contributed by atoms with Crippen molar-refractivity contribution in [2.45, 2.75) is 18.9 Å². The molecule has 20 heavy (non-hydrogen) atoms. The number of nitrogens with zero attached hydrogens (tertiary/aromatic N) is 2. The molecule has 104 valence electrons. The van der Waals surface area contributed by atoms with Crippen molar-refractivity contribution >= 4 is 17.7 Å². The van der Waals surface area contributed by atoms with Gasteiger partial charge in [-0.05, 0) is 25.0 Å². The second-order valence-electron chi connectivity index (χ2n) is 4.46. The number of hydrogen-bond acceptors (Lipinski definition) is 3. The Labute approximate surface area is 114 Å². The predicted octanol–water partition coefficient (Wildman–Crippen LogP) is 1.78. The van der Waals surface area contributed by atoms with E-state index in [0.717, 1.165) is 18.9 Å². The van der Waals surface area contributed by atoms with Gasteiger partial charge in [0.15, 0.2) is 0 Å². The quantitative estimate of drug-likeness (QED) is 0.877. The fraction of sp³-hybridized carbons (Fsp3) is 0.308. The average molecular weight is 277 g/mol. The number of urea groups is 1. The van der Waals surface area contributed by atoms with E-state index in [2.05, 4.69) is 5.32 Å². The predicted molar refractivity (Wildman–Crippen MR) is 67.5 cm³/mol. The van der Waals surface area contributed by atoms with E-state index < -0.39 is 24.4 Å². The van der Waals surface area contributed by atoms with Crippen LogP contribution in [-0.2, 0) is 4.79 Å². The molecule has 1 aromatic carbocycles. The standard InChI is InChI=1S/C13H12FN3O3/c14-10-2-1-3-11(9(10)6-15)16-13(20)17(7-12(18)19)8-4-5-8/h1-3,8H,4-5,7H2,(H,16,20)(H,18,19). The fourth-order valence-electron chi connectivity index (χ4n) is 1.83. The van der Waals surface area contributed by atoms with Gasteiger partial charge in [-0.15, -0.1) is 0 Å². The first-order valence-electron chi connectivity index (χ1n) is 6.01. The lowest BCUT2D eigenvalue weighted by Crippen LogP contribution is -2.40. The van der Waals surface area contributed by atoms with E-state index in [1.807, 2.05) is 0 Å². The molecule has 0 saturated heterocycles. The van der Waals surface area contributed by atoms with Crippen molar-refractivity contribution in [2.75, 3.05) is 11.9 Å². The average Bonchev–Trinajstić information content (AvgIpc) is 3.20. The molecule has 0 unspecified atom stereocenters. The molecule has 2 rings (SSSR count). The minimum Gasteiger partial charge on any atom is -0.480 e. The third-order valence-electron chi connectivity index (χ3n) is 2.92. The molecule has 1 saturated carbocycles. The van der Waals surface area contributed by atoms with E-state index in [4.69, 9.17) is 10.4 Å². The number of aliphatic carboxylic acids is 1. The lowest BCUT2D eigenvalue weighted by molar-refractivity contribution is -0.137. The number of nitriles is 1. The van der Waals surface area contributed by atoms with Gasteiger partial charge in [0.05, 0.1) is 5.69 Å². The fourth-order valence-corrected chi connectivity index (χ4v) is 1.83. The maximum atomic E-state index is 13.4. The second-order valence-corrected chi connectivity index (χ2v) is 4.46. The molecule has 1 aliphatic carbocycles. The highest BCUT2D eigenvalue weighted by atomic mass is 19.1. The van der Waals surface area contributed by atoms with Crippen molar-refractivity contribution in [2.24, 2.45) is 0 Å². The van der Waals surface area contributed by atoms with Crippen molar-refractivity contribution < 1.29 is 19.1 Å². The van der Waals surface area contributed by atoms with Crippen molar-refractivity contribution in [1.82, 2.24) is 4.90 Å². The molecule has 2 amide bonds. The zero-order valence-corrected chi connectivity index (χ0v) is 10.5. The molecule has 1 aliphatic rings. The summed E-state index contributed by atoms with van der Waals surface area (Å²) in [6.45, 7) is -0.423. The molecular formula is C13H12FN3O3. The third-order valence-corrected chi connectivity index (χ3v) is 2.92. The van der Waals surface area contributed by atoms with Gasteiger partial charge in [-0.2, -0.15) is 5.26 Å². The zero-order valence-electron chi connectivity index (χ0n) is 10.5. The van der Waals surface area contributed by atoms with E-state index in [0.29, 0.717) is 0 Å². The number of halogens is 1. The topological polar surface area (TPSA) is 93.4 Å². The van der Waals surface area contributed by atoms with Crippen LogP contribution in [-0.4, -0.2) is 34.6 Å². The van der Waals surface area contributed by atoms with Crippen LogP contribution in [0.25, 0.3) is 0 Å². The summed E-state index contributed by atoms with van der Waals surface area (Å²) < 4.78 is 13.4. The smallest absolute Gasteiger partial charge is 0.323 e. The molecule has 0 aromatic heterocycles. The molecule has 0 spiro atoms. The lowest BCUT2D eigenvalue weighted by atomic mass is 10.2. The number of hydrogen-bond donors (Lipinski definition) is 2. The van der Waals surface area contributed by atoms with Crippen LogP contribution in [0.3, 0.4) is 0 Å². The zero-order chi connectivity index (χ0) is 14.7. The Bertz CT molecular complexity index is 593. The molecule has 0 bridgehead atoms. The van der Waals surface area contributed by atoms with Crippen molar-refractivity contribution in [3.8, 4) is 6.07 Å². The van der Waals surface area contributed by atoms with Crippen molar-refractivity contribution in [3.63, 3.8) is 0 Å². The largest absolute Gasteiger partial charge is 0.480 e. The summed E-state index contributed by atoms with van der Waals surface area (Å²) in [5.41, 5.74) is -0.236. The van der Waals surface area contributed by atoms with Gasteiger partial charge in [-0.25, -0.2) is 9.18 Å². The molecule has 0 aliphatic heterocycles. The molecule has 1 fully saturated rings. The van der Waals surface area contributed by atoms with Gasteiger partial charge < -0.3 is 15.3 Å². The number of carboxylic acids is 1. The van der Waals surface area contributed by atoms with E-state index in [-0.39, 0.29) is 17.3 Å². The van der Waals surface area contributed by atoms with E-state index in [9.17, 15) is 14.0 Å². The highest BCUT2D eigenvalue weighted by molar-refractivity contribution is 5.93. The Morgan fingerprint density at radius 2 is 2.20 bits per heavy atom. The molecule has 7 heteroatoms. The van der Waals surface area contributed by atoms with Gasteiger partial charge in [-0.1, -0.05) is 6.07 Å². The van der Waals surface area contributed by atoms with Crippen LogP contribution in [0, 0.1) is 17.1 Å². The number of anilines is 1. The van der Waals surface area contributed by atoms with Crippen molar-refractivity contribution in [3.05, 3.63) is 29.6 Å². The number of carboxylic acid groups (broad SMARTS) is 1. The highest BCUT2D eigenvalue weighted by Crippen LogP contribution is 2.27. The Morgan fingerprint density at radius 1 is 1.50 bits per heavy atom. The lowest BCUT2D eigenvalue weighted by Gasteiger charge is -2.21. The SMILES string of the molecule is N#Cc1c(F)cccc1NC(=O)N(CC(=O)O)C1CC1. The van der Waals surface area contributed by atoms with Gasteiger partial charge in [0.2, 0.25) is 0 Å². The normalized spacial score (nSPS) is 13.4. The summed E-state index contributed by atoms with van der Waals surface area (Å²) in [5, 5.41) is 20.0. The van der Waals surface area contributed by atoms with Gasteiger partial charge in [0.25, 0.3) is 0 Å². The van der Waals surface area contributed by atoms with E-state index in [1.54, 1.807) is 6.07 Å². The summed E-state index contributed by atoms with van der Waals surface area (Å²) in [5.74, 6) is -1.85. The number of nitrogens with one attached hydrogen (secondary N) is 1. The van der Waals surface area contributed by atoms with Crippen LogP contribution < -0.4 is 5.32 Å². The van der Waals surface area contributed by atoms with Crippen LogP contribution in [0.1, 0.15) is 18.4 Å². The molecule has 0 atom stereocenters. The number of carbonyl (C=O) groups is 2. The monoisotopic (exact) mass is 277 g/mol. The number of benzene rings is 1. The molecular weight excluding hydrogens is 265 g/mol. The number of rotatable bonds is 4. The summed E-state index contributed by atoms with van der Waals surface area (Å²) in [6, 6.07) is 4.80. The first kappa shape index (κ1) is 13.8. The van der Waals surface area contributed by atoms with Gasteiger partial charge in [0.1, 0.15) is 24.0 Å². The molecule has 2 N–H and O–H groups in total. The Morgan fingerprint density at radius 3 is 2.75 bits per heavy atom. The summed E-state index contributed by atoms with van der Waals surface area (Å²) in [4.78, 5) is 23.9. The third kappa shape index (κ3) is 3.03. The molecule has 0 heterocycles. The van der Waals surface area contributed by atoms with E-state index in [1.165, 1.54) is 17.0 Å². The molecule has 0 radical (unpaired) electrons. The minimum atomic E-state index is -1.12. The first-order valence-corrected chi connectivity index (χ1v) is 6.01. The maximum Gasteiger partial charge on any atom is 0.323 e. The Hall–Kier alpha value is -2.62. The summed E-state index contributed by atoms with van der Waals surface area (Å²) >= 11 is 0. The summed E-state index contributed by atoms with van der Waals surface area (Å²) in [7, 11) is 0. The van der Waals surface area contributed by atoms with Gasteiger partial charge >= 0.3 is 12.0 Å². The van der Waals surface area contributed by atoms with Crippen LogP contribution in [0.15, 0.2) is 18.2 Å². The van der Waals surface area contributed by atoms with E-state index >= 15 is 0 Å².